The van der Waals surface area contributed by atoms with E-state index in [4.69, 9.17) is 10.7 Å². The second kappa shape index (κ2) is 3.98. The number of nitrogens with zero attached hydrogens (tertiary/aromatic N) is 1. The summed E-state index contributed by atoms with van der Waals surface area (Å²) in [5.41, 5.74) is 13.8. The van der Waals surface area contributed by atoms with Crippen molar-refractivity contribution in [3.05, 3.63) is 47.2 Å². The van der Waals surface area contributed by atoms with Gasteiger partial charge in [-0.15, -0.1) is 0 Å². The third-order valence-corrected chi connectivity index (χ3v) is 4.44. The van der Waals surface area contributed by atoms with Crippen LogP contribution in [0.1, 0.15) is 16.8 Å². The summed E-state index contributed by atoms with van der Waals surface area (Å²) < 4.78 is 0. The second-order valence-corrected chi connectivity index (χ2v) is 5.75. The molecule has 0 saturated carbocycles. The van der Waals surface area contributed by atoms with Crippen molar-refractivity contribution < 1.29 is 0 Å². The van der Waals surface area contributed by atoms with Crippen LogP contribution >= 0.6 is 0 Å². The predicted molar refractivity (Wildman–Crippen MR) is 89.7 cm³/mol. The molecule has 4 aromatic rings. The molecule has 0 saturated heterocycles. The number of H-pyrrole nitrogens is 1. The molecule has 0 unspecified atom stereocenters. The van der Waals surface area contributed by atoms with Crippen molar-refractivity contribution in [3.8, 4) is 0 Å². The molecule has 2 aromatic heterocycles. The fraction of sp³-hybridized carbons (Fsp3) is 0.167. The van der Waals surface area contributed by atoms with E-state index in [-0.39, 0.29) is 0 Å². The van der Waals surface area contributed by atoms with Gasteiger partial charge in [0.2, 0.25) is 0 Å². The average molecular weight is 275 g/mol. The molecule has 2 aromatic carbocycles. The molecule has 0 fully saturated rings. The average Bonchev–Trinajstić information content (AvgIpc) is 2.85. The lowest BCUT2D eigenvalue weighted by molar-refractivity contribution is 1.24. The van der Waals surface area contributed by atoms with Crippen LogP contribution in [0.3, 0.4) is 0 Å². The highest BCUT2D eigenvalue weighted by molar-refractivity contribution is 6.23. The molecule has 21 heavy (non-hydrogen) atoms. The van der Waals surface area contributed by atoms with E-state index >= 15 is 0 Å². The van der Waals surface area contributed by atoms with Gasteiger partial charge in [-0.2, -0.15) is 0 Å². The van der Waals surface area contributed by atoms with E-state index in [1.807, 2.05) is 6.07 Å². The molecule has 0 spiro atoms. The number of rotatable bonds is 0. The monoisotopic (exact) mass is 275 g/mol. The van der Waals surface area contributed by atoms with E-state index in [1.165, 1.54) is 21.9 Å². The number of para-hydroxylation sites is 1. The zero-order valence-corrected chi connectivity index (χ0v) is 12.4. The number of nitrogens with two attached hydrogens (primary N) is 1. The zero-order valence-electron chi connectivity index (χ0n) is 12.4. The molecule has 3 N–H and O–H groups in total. The lowest BCUT2D eigenvalue weighted by atomic mass is 9.99. The number of anilines is 1. The Morgan fingerprint density at radius 1 is 1.05 bits per heavy atom. The zero-order chi connectivity index (χ0) is 14.7. The number of aryl methyl sites for hydroxylation is 3. The summed E-state index contributed by atoms with van der Waals surface area (Å²) in [4.78, 5) is 8.29. The van der Waals surface area contributed by atoms with Crippen LogP contribution in [-0.2, 0) is 0 Å². The molecule has 0 aliphatic rings. The van der Waals surface area contributed by atoms with Crippen LogP contribution in [0.5, 0.6) is 0 Å². The van der Waals surface area contributed by atoms with Gasteiger partial charge in [0.1, 0.15) is 0 Å². The normalized spacial score (nSPS) is 11.8. The quantitative estimate of drug-likeness (QED) is 0.468. The SMILES string of the molecule is Cc1cc(N)c2c(nc(C)c3[nH]c4ccccc4c32)c1C. The third-order valence-electron chi connectivity index (χ3n) is 4.44. The number of fused-ring (bicyclic) bond motifs is 5. The Labute approximate surface area is 122 Å². The maximum atomic E-state index is 6.34. The first-order valence-electron chi connectivity index (χ1n) is 7.14. The minimum absolute atomic E-state index is 0.801. The van der Waals surface area contributed by atoms with E-state index in [1.54, 1.807) is 0 Å². The van der Waals surface area contributed by atoms with E-state index in [0.717, 1.165) is 33.3 Å². The second-order valence-electron chi connectivity index (χ2n) is 5.75. The van der Waals surface area contributed by atoms with E-state index in [9.17, 15) is 0 Å². The van der Waals surface area contributed by atoms with Crippen LogP contribution in [0.15, 0.2) is 30.3 Å². The highest BCUT2D eigenvalue weighted by Gasteiger charge is 2.15. The fourth-order valence-corrected chi connectivity index (χ4v) is 3.22. The molecular weight excluding hydrogens is 258 g/mol. The van der Waals surface area contributed by atoms with E-state index < -0.39 is 0 Å². The maximum absolute atomic E-state index is 6.34. The molecule has 4 rings (SSSR count). The smallest absolute Gasteiger partial charge is 0.0765 e. The number of nitrogen functional groups attached to an aromatic ring is 1. The van der Waals surface area contributed by atoms with Crippen LogP contribution in [0.25, 0.3) is 32.7 Å². The number of nitrogens with one attached hydrogen (secondary N) is 1. The first-order chi connectivity index (χ1) is 10.1. The van der Waals surface area contributed by atoms with Gasteiger partial charge in [0.15, 0.2) is 0 Å². The minimum atomic E-state index is 0.801. The van der Waals surface area contributed by atoms with E-state index in [0.29, 0.717) is 0 Å². The van der Waals surface area contributed by atoms with Gasteiger partial charge < -0.3 is 10.7 Å². The molecule has 104 valence electrons. The highest BCUT2D eigenvalue weighted by atomic mass is 14.8. The third kappa shape index (κ3) is 1.51. The summed E-state index contributed by atoms with van der Waals surface area (Å²) in [5.74, 6) is 0. The molecule has 0 atom stereocenters. The standard InChI is InChI=1S/C18H17N3/c1-9-8-13(19)16-15-12-6-4-5-7-14(12)21-18(15)11(3)20-17(16)10(9)2/h4-8,21H,19H2,1-3H3. The van der Waals surface area contributed by atoms with Crippen LogP contribution in [0, 0.1) is 20.8 Å². The number of pyridine rings is 1. The maximum Gasteiger partial charge on any atom is 0.0765 e. The number of aromatic nitrogens is 2. The van der Waals surface area contributed by atoms with Gasteiger partial charge >= 0.3 is 0 Å². The van der Waals surface area contributed by atoms with Gasteiger partial charge in [0.05, 0.1) is 16.7 Å². The molecule has 3 heteroatoms. The van der Waals surface area contributed by atoms with Crippen molar-refractivity contribution in [2.75, 3.05) is 5.73 Å². The van der Waals surface area contributed by atoms with Gasteiger partial charge in [-0.25, -0.2) is 0 Å². The Balaban J connectivity index is 2.41. The van der Waals surface area contributed by atoms with Gasteiger partial charge in [0.25, 0.3) is 0 Å². The highest BCUT2D eigenvalue weighted by Crippen LogP contribution is 2.37. The summed E-state index contributed by atoms with van der Waals surface area (Å²) in [6, 6.07) is 10.4. The van der Waals surface area contributed by atoms with Crippen LogP contribution in [0.2, 0.25) is 0 Å². The summed E-state index contributed by atoms with van der Waals surface area (Å²) in [6.45, 7) is 6.25. The van der Waals surface area contributed by atoms with E-state index in [2.05, 4.69) is 50.0 Å². The topological polar surface area (TPSA) is 54.7 Å². The first-order valence-corrected chi connectivity index (χ1v) is 7.14. The summed E-state index contributed by atoms with van der Waals surface area (Å²) in [5, 5.41) is 3.46. The molecule has 0 amide bonds. The van der Waals surface area contributed by atoms with Gasteiger partial charge in [-0.3, -0.25) is 4.98 Å². The molecule has 2 heterocycles. The molecule has 3 nitrogen and oxygen atoms in total. The molecule has 0 aliphatic heterocycles. The Morgan fingerprint density at radius 3 is 2.62 bits per heavy atom. The Morgan fingerprint density at radius 2 is 1.81 bits per heavy atom. The lowest BCUT2D eigenvalue weighted by Gasteiger charge is -2.11. The van der Waals surface area contributed by atoms with Gasteiger partial charge in [-0.1, -0.05) is 18.2 Å². The Bertz CT molecular complexity index is 1030. The van der Waals surface area contributed by atoms with Crippen molar-refractivity contribution in [2.45, 2.75) is 20.8 Å². The molecule has 0 radical (unpaired) electrons. The van der Waals surface area contributed by atoms with Crippen LogP contribution in [-0.4, -0.2) is 9.97 Å². The van der Waals surface area contributed by atoms with Gasteiger partial charge in [0, 0.05) is 27.4 Å². The molecular formula is C18H17N3. The summed E-state index contributed by atoms with van der Waals surface area (Å²) in [6.07, 6.45) is 0. The van der Waals surface area contributed by atoms with Crippen molar-refractivity contribution in [1.82, 2.24) is 9.97 Å². The number of benzene rings is 2. The van der Waals surface area contributed by atoms with Crippen molar-refractivity contribution >= 4 is 38.4 Å². The summed E-state index contributed by atoms with van der Waals surface area (Å²) in [7, 11) is 0. The van der Waals surface area contributed by atoms with Gasteiger partial charge in [-0.05, 0) is 44.0 Å². The fourth-order valence-electron chi connectivity index (χ4n) is 3.22. The van der Waals surface area contributed by atoms with Crippen molar-refractivity contribution in [1.29, 1.82) is 0 Å². The number of hydrogen-bond acceptors (Lipinski definition) is 2. The minimum Gasteiger partial charge on any atom is -0.398 e. The van der Waals surface area contributed by atoms with Crippen LogP contribution < -0.4 is 5.73 Å². The number of aromatic amines is 1. The summed E-state index contributed by atoms with van der Waals surface area (Å²) >= 11 is 0. The first kappa shape index (κ1) is 12.2. The van der Waals surface area contributed by atoms with Crippen molar-refractivity contribution in [2.24, 2.45) is 0 Å². The number of hydrogen-bond donors (Lipinski definition) is 2. The van der Waals surface area contributed by atoms with Crippen LogP contribution in [0.4, 0.5) is 5.69 Å². The molecule has 0 bridgehead atoms. The Kier molecular flexibility index (Phi) is 2.31. The molecule has 0 aliphatic carbocycles. The van der Waals surface area contributed by atoms with Crippen molar-refractivity contribution in [3.63, 3.8) is 0 Å². The predicted octanol–water partition coefficient (Wildman–Crippen LogP) is 4.38. The largest absolute Gasteiger partial charge is 0.398 e. The lowest BCUT2D eigenvalue weighted by Crippen LogP contribution is -1.96. The Hall–Kier alpha value is -2.55.